The van der Waals surface area contributed by atoms with E-state index in [9.17, 15) is 0 Å². The first kappa shape index (κ1) is 12.6. The van der Waals surface area contributed by atoms with Crippen LogP contribution in [0.4, 0.5) is 0 Å². The molecule has 1 aromatic rings. The molecule has 2 heteroatoms. The van der Waals surface area contributed by atoms with Gasteiger partial charge in [0.05, 0.1) is 0 Å². The Morgan fingerprint density at radius 1 is 1.11 bits per heavy atom. The largest absolute Gasteiger partial charge is 0.312 e. The molecule has 0 spiro atoms. The third-order valence-electron chi connectivity index (χ3n) is 4.14. The summed E-state index contributed by atoms with van der Waals surface area (Å²) in [6.07, 6.45) is 8.19. The Bertz CT molecular complexity index is 396. The minimum absolute atomic E-state index is 0.855. The molecule has 1 aliphatic carbocycles. The Labute approximate surface area is 115 Å². The van der Waals surface area contributed by atoms with Crippen LogP contribution in [0.2, 0.25) is 0 Å². The number of hydrogen-bond donors (Lipinski definition) is 1. The van der Waals surface area contributed by atoms with Crippen molar-refractivity contribution in [2.24, 2.45) is 0 Å². The van der Waals surface area contributed by atoms with Gasteiger partial charge in [-0.25, -0.2) is 0 Å². The molecule has 1 aliphatic heterocycles. The second kappa shape index (κ2) is 6.12. The summed E-state index contributed by atoms with van der Waals surface area (Å²) < 4.78 is 0. The van der Waals surface area contributed by atoms with Crippen LogP contribution in [0.5, 0.6) is 0 Å². The summed E-state index contributed by atoms with van der Waals surface area (Å²) in [6.45, 7) is 2.23. The van der Waals surface area contributed by atoms with Crippen molar-refractivity contribution in [1.82, 2.24) is 5.32 Å². The second-order valence-corrected chi connectivity index (χ2v) is 6.98. The lowest BCUT2D eigenvalue weighted by molar-refractivity contribution is 0.597. The van der Waals surface area contributed by atoms with E-state index in [-0.39, 0.29) is 0 Å². The summed E-state index contributed by atoms with van der Waals surface area (Å²) in [5.74, 6) is 1.37. The number of benzene rings is 1. The van der Waals surface area contributed by atoms with Gasteiger partial charge in [0, 0.05) is 18.3 Å². The van der Waals surface area contributed by atoms with Gasteiger partial charge in [-0.1, -0.05) is 24.6 Å². The van der Waals surface area contributed by atoms with Gasteiger partial charge in [0.25, 0.3) is 0 Å². The first-order valence-corrected chi connectivity index (χ1v) is 8.40. The first-order valence-electron chi connectivity index (χ1n) is 7.35. The van der Waals surface area contributed by atoms with Gasteiger partial charge in [0.1, 0.15) is 0 Å². The third-order valence-corrected chi connectivity index (χ3v) is 5.54. The fourth-order valence-corrected chi connectivity index (χ4v) is 4.35. The predicted octanol–water partition coefficient (Wildman–Crippen LogP) is 3.55. The van der Waals surface area contributed by atoms with E-state index in [0.717, 1.165) is 11.8 Å². The molecule has 18 heavy (non-hydrogen) atoms. The van der Waals surface area contributed by atoms with Crippen LogP contribution in [-0.2, 0) is 19.4 Å². The molecule has 1 nitrogen and oxygen atoms in total. The topological polar surface area (TPSA) is 12.0 Å². The Kier molecular flexibility index (Phi) is 4.27. The molecule has 1 saturated heterocycles. The van der Waals surface area contributed by atoms with Crippen LogP contribution in [0.15, 0.2) is 18.2 Å². The van der Waals surface area contributed by atoms with Gasteiger partial charge in [-0.05, 0) is 54.5 Å². The van der Waals surface area contributed by atoms with Crippen molar-refractivity contribution in [2.45, 2.75) is 50.3 Å². The molecule has 1 fully saturated rings. The summed E-state index contributed by atoms with van der Waals surface area (Å²) in [5.41, 5.74) is 4.65. The molecule has 1 heterocycles. The number of aryl methyl sites for hydroxylation is 2. The third kappa shape index (κ3) is 3.10. The van der Waals surface area contributed by atoms with Gasteiger partial charge >= 0.3 is 0 Å². The van der Waals surface area contributed by atoms with Crippen LogP contribution >= 0.6 is 11.8 Å². The standard InChI is InChI=1S/C16H23NS/c1-2-9-18-16(6-1)12-17-11-13-7-8-14-4-3-5-15(14)10-13/h7-8,10,16-17H,1-6,9,11-12H2. The first-order chi connectivity index (χ1) is 8.92. The zero-order valence-corrected chi connectivity index (χ0v) is 11.9. The van der Waals surface area contributed by atoms with Gasteiger partial charge in [-0.2, -0.15) is 11.8 Å². The van der Waals surface area contributed by atoms with Crippen molar-refractivity contribution in [3.05, 3.63) is 34.9 Å². The maximum absolute atomic E-state index is 3.64. The summed E-state index contributed by atoms with van der Waals surface area (Å²) in [7, 11) is 0. The average molecular weight is 261 g/mol. The highest BCUT2D eigenvalue weighted by Gasteiger charge is 2.14. The highest BCUT2D eigenvalue weighted by atomic mass is 32.2. The van der Waals surface area contributed by atoms with E-state index in [4.69, 9.17) is 0 Å². The van der Waals surface area contributed by atoms with Crippen molar-refractivity contribution in [3.8, 4) is 0 Å². The van der Waals surface area contributed by atoms with Crippen LogP contribution in [0.3, 0.4) is 0 Å². The number of thioether (sulfide) groups is 1. The lowest BCUT2D eigenvalue weighted by Crippen LogP contribution is -2.26. The molecule has 0 saturated carbocycles. The van der Waals surface area contributed by atoms with Crippen LogP contribution in [0.1, 0.15) is 42.4 Å². The van der Waals surface area contributed by atoms with Crippen molar-refractivity contribution < 1.29 is 0 Å². The van der Waals surface area contributed by atoms with E-state index in [1.165, 1.54) is 56.4 Å². The average Bonchev–Trinajstić information content (AvgIpc) is 2.87. The maximum atomic E-state index is 3.64. The monoisotopic (exact) mass is 261 g/mol. The van der Waals surface area contributed by atoms with E-state index in [2.05, 4.69) is 35.3 Å². The molecule has 98 valence electrons. The van der Waals surface area contributed by atoms with Gasteiger partial charge in [0.15, 0.2) is 0 Å². The molecule has 0 aromatic heterocycles. The molecule has 0 bridgehead atoms. The van der Waals surface area contributed by atoms with E-state index in [1.54, 1.807) is 11.1 Å². The van der Waals surface area contributed by atoms with Crippen LogP contribution in [0.25, 0.3) is 0 Å². The van der Waals surface area contributed by atoms with Crippen molar-refractivity contribution >= 4 is 11.8 Å². The molecule has 3 rings (SSSR count). The van der Waals surface area contributed by atoms with Crippen LogP contribution < -0.4 is 5.32 Å². The molecule has 1 atom stereocenters. The summed E-state index contributed by atoms with van der Waals surface area (Å²) >= 11 is 2.16. The molecular weight excluding hydrogens is 238 g/mol. The normalized spacial score (nSPS) is 23.0. The lowest BCUT2D eigenvalue weighted by Gasteiger charge is -2.21. The number of hydrogen-bond acceptors (Lipinski definition) is 2. The summed E-state index contributed by atoms with van der Waals surface area (Å²) in [6, 6.07) is 7.07. The quantitative estimate of drug-likeness (QED) is 0.889. The van der Waals surface area contributed by atoms with Gasteiger partial charge in [-0.3, -0.25) is 0 Å². The Morgan fingerprint density at radius 3 is 2.94 bits per heavy atom. The van der Waals surface area contributed by atoms with E-state index in [1.807, 2.05) is 0 Å². The SMILES string of the molecule is c1cc2c(cc1CNCC1CCCCS1)CCC2. The van der Waals surface area contributed by atoms with E-state index < -0.39 is 0 Å². The molecule has 0 amide bonds. The zero-order chi connectivity index (χ0) is 12.2. The lowest BCUT2D eigenvalue weighted by atomic mass is 10.1. The molecular formula is C16H23NS. The van der Waals surface area contributed by atoms with Gasteiger partial charge < -0.3 is 5.32 Å². The fraction of sp³-hybridized carbons (Fsp3) is 0.625. The minimum Gasteiger partial charge on any atom is -0.312 e. The summed E-state index contributed by atoms with van der Waals surface area (Å²) in [5, 5.41) is 4.50. The fourth-order valence-electron chi connectivity index (χ4n) is 3.08. The predicted molar refractivity (Wildman–Crippen MR) is 80.3 cm³/mol. The Hall–Kier alpha value is -0.470. The van der Waals surface area contributed by atoms with Crippen LogP contribution in [0, 0.1) is 0 Å². The number of nitrogens with one attached hydrogen (secondary N) is 1. The van der Waals surface area contributed by atoms with Crippen LogP contribution in [-0.4, -0.2) is 17.5 Å². The smallest absolute Gasteiger partial charge is 0.0206 e. The second-order valence-electron chi connectivity index (χ2n) is 5.58. The molecule has 1 aromatic carbocycles. The van der Waals surface area contributed by atoms with E-state index in [0.29, 0.717) is 0 Å². The number of rotatable bonds is 4. The van der Waals surface area contributed by atoms with Gasteiger partial charge in [0.2, 0.25) is 0 Å². The van der Waals surface area contributed by atoms with Crippen molar-refractivity contribution in [1.29, 1.82) is 0 Å². The highest BCUT2D eigenvalue weighted by molar-refractivity contribution is 7.99. The highest BCUT2D eigenvalue weighted by Crippen LogP contribution is 2.25. The zero-order valence-electron chi connectivity index (χ0n) is 11.1. The Balaban J connectivity index is 1.48. The molecule has 1 unspecified atom stereocenters. The maximum Gasteiger partial charge on any atom is 0.0206 e. The van der Waals surface area contributed by atoms with Gasteiger partial charge in [-0.15, -0.1) is 0 Å². The summed E-state index contributed by atoms with van der Waals surface area (Å²) in [4.78, 5) is 0. The Morgan fingerprint density at radius 2 is 2.06 bits per heavy atom. The molecule has 1 N–H and O–H groups in total. The van der Waals surface area contributed by atoms with Crippen molar-refractivity contribution in [3.63, 3.8) is 0 Å². The van der Waals surface area contributed by atoms with Crippen molar-refractivity contribution in [2.75, 3.05) is 12.3 Å². The molecule has 2 aliphatic rings. The number of fused-ring (bicyclic) bond motifs is 1. The minimum atomic E-state index is 0.855. The molecule has 0 radical (unpaired) electrons. The van der Waals surface area contributed by atoms with E-state index >= 15 is 0 Å².